The summed E-state index contributed by atoms with van der Waals surface area (Å²) < 4.78 is 20.3. The zero-order valence-corrected chi connectivity index (χ0v) is 13.4. The van der Waals surface area contributed by atoms with Gasteiger partial charge in [0.2, 0.25) is 0 Å². The van der Waals surface area contributed by atoms with Crippen LogP contribution in [-0.2, 0) is 29.3 Å². The number of carbonyl (C=O) groups is 2. The van der Waals surface area contributed by atoms with Crippen molar-refractivity contribution in [2.45, 2.75) is 50.6 Å². The number of hydrogen-bond acceptors (Lipinski definition) is 9. The monoisotopic (exact) mass is 338 g/mol. The number of carbonyl (C=O) groups excluding carboxylic acids is 2. The van der Waals surface area contributed by atoms with E-state index < -0.39 is 35.4 Å². The van der Waals surface area contributed by atoms with Gasteiger partial charge in [0.05, 0.1) is 0 Å². The predicted molar refractivity (Wildman–Crippen MR) is 82.1 cm³/mol. The average molecular weight is 338 g/mol. The molecule has 0 saturated heterocycles. The maximum absolute atomic E-state index is 11.5. The zero-order chi connectivity index (χ0) is 17.0. The van der Waals surface area contributed by atoms with E-state index in [-0.39, 0.29) is 0 Å². The largest absolute Gasteiger partial charge is 0.423 e. The maximum Gasteiger partial charge on any atom is 0.423 e. The van der Waals surface area contributed by atoms with Gasteiger partial charge in [-0.25, -0.2) is 9.59 Å². The summed E-state index contributed by atoms with van der Waals surface area (Å²) in [4.78, 5) is 23.0. The minimum absolute atomic E-state index is 0.347. The van der Waals surface area contributed by atoms with E-state index in [0.29, 0.717) is 38.8 Å². The SMILES string of the molecule is NCCCC[C@H](N)C(=O)OS(=O)OC(=O)[C@@H](N)CCCCN. The predicted octanol–water partition coefficient (Wildman–Crippen LogP) is -1.44. The number of nitrogens with two attached hydrogens (primary N) is 4. The second-order valence-corrected chi connectivity index (χ2v) is 5.53. The Bertz CT molecular complexity index is 337. The van der Waals surface area contributed by atoms with Gasteiger partial charge in [-0.15, -0.1) is 0 Å². The van der Waals surface area contributed by atoms with Crippen LogP contribution >= 0.6 is 0 Å². The molecule has 10 heteroatoms. The second kappa shape index (κ2) is 12.5. The number of rotatable bonds is 12. The molecular formula is C12H26N4O5S. The Morgan fingerprint density at radius 1 is 0.818 bits per heavy atom. The quantitative estimate of drug-likeness (QED) is 0.311. The van der Waals surface area contributed by atoms with E-state index in [1.165, 1.54) is 0 Å². The van der Waals surface area contributed by atoms with Gasteiger partial charge in [-0.1, -0.05) is 12.8 Å². The van der Waals surface area contributed by atoms with E-state index in [1.54, 1.807) is 0 Å². The molecule has 0 aromatic heterocycles. The van der Waals surface area contributed by atoms with Gasteiger partial charge >= 0.3 is 23.3 Å². The summed E-state index contributed by atoms with van der Waals surface area (Å²) in [6.07, 6.45) is 3.42. The Morgan fingerprint density at radius 2 is 1.18 bits per heavy atom. The third-order valence-corrected chi connectivity index (χ3v) is 3.45. The fourth-order valence-electron chi connectivity index (χ4n) is 1.53. The first-order valence-corrected chi connectivity index (χ1v) is 8.19. The Labute approximate surface area is 132 Å². The molecular weight excluding hydrogens is 312 g/mol. The molecule has 0 aliphatic carbocycles. The van der Waals surface area contributed by atoms with Crippen LogP contribution in [0.2, 0.25) is 0 Å². The fourth-order valence-corrected chi connectivity index (χ4v) is 2.08. The lowest BCUT2D eigenvalue weighted by atomic mass is 10.1. The standard InChI is InChI=1S/C12H26N4O5S/c13-7-3-1-5-9(15)11(17)20-22(19)21-12(18)10(16)6-2-4-8-14/h9-10H,1-8,13-16H2/t9-,10-/m0/s1. The maximum atomic E-state index is 11.5. The number of unbranched alkanes of at least 4 members (excludes halogenated alkanes) is 2. The summed E-state index contributed by atoms with van der Waals surface area (Å²) in [6, 6.07) is -1.88. The van der Waals surface area contributed by atoms with Gasteiger partial charge in [0, 0.05) is 0 Å². The Hall–Kier alpha value is -1.07. The summed E-state index contributed by atoms with van der Waals surface area (Å²) in [5.74, 6) is -1.81. The van der Waals surface area contributed by atoms with Crippen molar-refractivity contribution in [1.82, 2.24) is 0 Å². The summed E-state index contributed by atoms with van der Waals surface area (Å²) in [5, 5.41) is 0. The average Bonchev–Trinajstić information content (AvgIpc) is 2.47. The molecule has 0 heterocycles. The molecule has 0 unspecified atom stereocenters. The Morgan fingerprint density at radius 3 is 1.50 bits per heavy atom. The van der Waals surface area contributed by atoms with Crippen LogP contribution in [0.4, 0.5) is 0 Å². The minimum atomic E-state index is -2.54. The summed E-state index contributed by atoms with van der Waals surface area (Å²) in [7, 11) is 0. The van der Waals surface area contributed by atoms with Crippen molar-refractivity contribution in [1.29, 1.82) is 0 Å². The molecule has 9 nitrogen and oxygen atoms in total. The summed E-state index contributed by atoms with van der Waals surface area (Å²) in [5.41, 5.74) is 21.7. The molecule has 0 spiro atoms. The van der Waals surface area contributed by atoms with E-state index in [4.69, 9.17) is 22.9 Å². The molecule has 0 radical (unpaired) electrons. The minimum Gasteiger partial charge on any atom is -0.333 e. The molecule has 22 heavy (non-hydrogen) atoms. The van der Waals surface area contributed by atoms with Crippen LogP contribution in [0.5, 0.6) is 0 Å². The van der Waals surface area contributed by atoms with Crippen LogP contribution in [0, 0.1) is 0 Å². The highest BCUT2D eigenvalue weighted by atomic mass is 32.2. The van der Waals surface area contributed by atoms with E-state index in [0.717, 1.165) is 12.8 Å². The van der Waals surface area contributed by atoms with Gasteiger partial charge in [0.15, 0.2) is 0 Å². The topological polar surface area (TPSA) is 174 Å². The van der Waals surface area contributed by atoms with Crippen LogP contribution < -0.4 is 22.9 Å². The van der Waals surface area contributed by atoms with Crippen LogP contribution in [0.25, 0.3) is 0 Å². The van der Waals surface area contributed by atoms with Crippen LogP contribution in [0.15, 0.2) is 0 Å². The third kappa shape index (κ3) is 9.79. The molecule has 0 aliphatic rings. The van der Waals surface area contributed by atoms with Crippen LogP contribution in [0.3, 0.4) is 0 Å². The van der Waals surface area contributed by atoms with E-state index >= 15 is 0 Å². The summed E-state index contributed by atoms with van der Waals surface area (Å²) in [6.45, 7) is 0.987. The molecule has 130 valence electrons. The molecule has 0 aliphatic heterocycles. The normalized spacial score (nSPS) is 13.7. The van der Waals surface area contributed by atoms with E-state index in [9.17, 15) is 13.8 Å². The van der Waals surface area contributed by atoms with Crippen molar-refractivity contribution in [2.75, 3.05) is 13.1 Å². The van der Waals surface area contributed by atoms with Crippen molar-refractivity contribution < 1.29 is 22.2 Å². The van der Waals surface area contributed by atoms with Gasteiger partial charge in [-0.3, -0.25) is 0 Å². The highest BCUT2D eigenvalue weighted by molar-refractivity contribution is 7.76. The van der Waals surface area contributed by atoms with E-state index in [1.807, 2.05) is 0 Å². The molecule has 8 N–H and O–H groups in total. The lowest BCUT2D eigenvalue weighted by Gasteiger charge is -2.11. The molecule has 0 rings (SSSR count). The molecule has 0 fully saturated rings. The van der Waals surface area contributed by atoms with Crippen molar-refractivity contribution in [2.24, 2.45) is 22.9 Å². The van der Waals surface area contributed by atoms with Crippen molar-refractivity contribution >= 4 is 23.3 Å². The van der Waals surface area contributed by atoms with Crippen LogP contribution in [-0.4, -0.2) is 41.3 Å². The fraction of sp³-hybridized carbons (Fsp3) is 0.833. The molecule has 0 aromatic rings. The highest BCUT2D eigenvalue weighted by Gasteiger charge is 2.23. The molecule has 0 aromatic carbocycles. The summed E-state index contributed by atoms with van der Waals surface area (Å²) >= 11 is -2.54. The van der Waals surface area contributed by atoms with Crippen molar-refractivity contribution in [3.8, 4) is 0 Å². The van der Waals surface area contributed by atoms with Crippen molar-refractivity contribution in [3.63, 3.8) is 0 Å². The molecule has 0 bridgehead atoms. The number of hydrogen-bond donors (Lipinski definition) is 4. The third-order valence-electron chi connectivity index (χ3n) is 2.84. The van der Waals surface area contributed by atoms with Gasteiger partial charge in [-0.2, -0.15) is 4.21 Å². The Kier molecular flexibility index (Phi) is 11.9. The first kappa shape index (κ1) is 20.9. The smallest absolute Gasteiger partial charge is 0.333 e. The molecule has 0 amide bonds. The van der Waals surface area contributed by atoms with Gasteiger partial charge in [0.1, 0.15) is 12.1 Å². The van der Waals surface area contributed by atoms with E-state index in [2.05, 4.69) is 8.37 Å². The van der Waals surface area contributed by atoms with Gasteiger partial charge in [0.25, 0.3) is 0 Å². The highest BCUT2D eigenvalue weighted by Crippen LogP contribution is 2.04. The second-order valence-electron chi connectivity index (χ2n) is 4.79. The lowest BCUT2D eigenvalue weighted by Crippen LogP contribution is -2.36. The lowest BCUT2D eigenvalue weighted by molar-refractivity contribution is -0.138. The Balaban J connectivity index is 4.05. The first-order chi connectivity index (χ1) is 10.4. The van der Waals surface area contributed by atoms with Crippen LogP contribution in [0.1, 0.15) is 38.5 Å². The molecule has 0 saturated carbocycles. The van der Waals surface area contributed by atoms with Crippen molar-refractivity contribution in [3.05, 3.63) is 0 Å². The molecule has 2 atom stereocenters. The van der Waals surface area contributed by atoms with Gasteiger partial charge < -0.3 is 31.3 Å². The zero-order valence-electron chi connectivity index (χ0n) is 12.6. The van der Waals surface area contributed by atoms with Gasteiger partial charge in [-0.05, 0) is 38.8 Å². The first-order valence-electron chi connectivity index (χ1n) is 7.19.